The summed E-state index contributed by atoms with van der Waals surface area (Å²) in [5, 5.41) is 12.6. The van der Waals surface area contributed by atoms with Crippen LogP contribution >= 0.6 is 0 Å². The molecule has 0 aliphatic heterocycles. The third-order valence-electron chi connectivity index (χ3n) is 5.53. The van der Waals surface area contributed by atoms with Crippen LogP contribution in [0.25, 0.3) is 0 Å². The molecule has 0 radical (unpaired) electrons. The molecule has 0 spiro atoms. The number of benzene rings is 3. The number of anilines is 1. The van der Waals surface area contributed by atoms with Gasteiger partial charge in [-0.25, -0.2) is 0 Å². The second kappa shape index (κ2) is 13.6. The maximum atomic E-state index is 12.8. The van der Waals surface area contributed by atoms with Crippen molar-refractivity contribution in [2.24, 2.45) is 11.7 Å². The minimum absolute atomic E-state index is 0.125. The molecule has 9 heteroatoms. The molecule has 0 bridgehead atoms. The summed E-state index contributed by atoms with van der Waals surface area (Å²) in [4.78, 5) is 49.4. The zero-order valence-corrected chi connectivity index (χ0v) is 20.0. The molecular weight excluding hydrogens is 476 g/mol. The van der Waals surface area contributed by atoms with Gasteiger partial charge in [0.1, 0.15) is 18.6 Å². The van der Waals surface area contributed by atoms with E-state index in [1.54, 1.807) is 30.3 Å². The van der Waals surface area contributed by atoms with Crippen LogP contribution in [0.1, 0.15) is 23.6 Å². The van der Waals surface area contributed by atoms with Gasteiger partial charge in [0.25, 0.3) is 0 Å². The molecule has 4 N–H and O–H groups in total. The van der Waals surface area contributed by atoms with Crippen molar-refractivity contribution in [1.29, 1.82) is 0 Å². The Bertz CT molecular complexity index is 1190. The van der Waals surface area contributed by atoms with Gasteiger partial charge in [-0.2, -0.15) is 0 Å². The van der Waals surface area contributed by atoms with Crippen LogP contribution in [0, 0.1) is 5.92 Å². The number of para-hydroxylation sites is 1. The Labute approximate surface area is 214 Å². The number of rotatable bonds is 13. The van der Waals surface area contributed by atoms with Gasteiger partial charge < -0.3 is 25.6 Å². The maximum Gasteiger partial charge on any atom is 0.321 e. The molecule has 3 aromatic rings. The Morgan fingerprint density at radius 2 is 1.38 bits per heavy atom. The number of hydrogen-bond acceptors (Lipinski definition) is 8. The van der Waals surface area contributed by atoms with E-state index in [1.165, 1.54) is 0 Å². The topological polar surface area (TPSA) is 145 Å². The monoisotopic (exact) mass is 504 g/mol. The lowest BCUT2D eigenvalue weighted by Crippen LogP contribution is -2.48. The molecule has 3 rings (SSSR count). The Hall–Kier alpha value is -4.50. The lowest BCUT2D eigenvalue weighted by atomic mass is 9.96. The van der Waals surface area contributed by atoms with Crippen LogP contribution in [0.15, 0.2) is 91.0 Å². The standard InChI is InChI=1S/C28H28N2O7/c29-26(27(33)34)25(28(35)37-17-19-10-4-1-5-11-19)23(31)18-36-24(32)16-22(20-12-6-2-7-13-20)30-21-14-8-3-9-15-21/h1-15,22,25-26,30H,16-18,29H2,(H,33,34). The lowest BCUT2D eigenvalue weighted by Gasteiger charge is -2.21. The quantitative estimate of drug-likeness (QED) is 0.236. The second-order valence-electron chi connectivity index (χ2n) is 8.24. The highest BCUT2D eigenvalue weighted by atomic mass is 16.5. The number of nitrogens with one attached hydrogen (secondary N) is 1. The van der Waals surface area contributed by atoms with Crippen LogP contribution in [-0.2, 0) is 35.3 Å². The summed E-state index contributed by atoms with van der Waals surface area (Å²) in [6.45, 7) is -0.989. The number of ether oxygens (including phenoxy) is 2. The van der Waals surface area contributed by atoms with E-state index < -0.39 is 48.3 Å². The number of esters is 2. The molecular formula is C28H28N2O7. The molecule has 0 saturated heterocycles. The Balaban J connectivity index is 1.63. The fourth-order valence-corrected chi connectivity index (χ4v) is 3.58. The van der Waals surface area contributed by atoms with Gasteiger partial charge in [-0.15, -0.1) is 0 Å². The Morgan fingerprint density at radius 3 is 1.97 bits per heavy atom. The Kier molecular flexibility index (Phi) is 9.92. The molecule has 0 heterocycles. The largest absolute Gasteiger partial charge is 0.480 e. The molecule has 0 aromatic heterocycles. The molecule has 3 aromatic carbocycles. The van der Waals surface area contributed by atoms with Gasteiger partial charge in [0.15, 0.2) is 12.4 Å². The van der Waals surface area contributed by atoms with E-state index in [-0.39, 0.29) is 13.0 Å². The average molecular weight is 505 g/mol. The first kappa shape index (κ1) is 27.1. The highest BCUT2D eigenvalue weighted by Crippen LogP contribution is 2.23. The molecule has 192 valence electrons. The minimum Gasteiger partial charge on any atom is -0.480 e. The predicted molar refractivity (Wildman–Crippen MR) is 135 cm³/mol. The van der Waals surface area contributed by atoms with Crippen molar-refractivity contribution in [1.82, 2.24) is 0 Å². The minimum atomic E-state index is -1.86. The highest BCUT2D eigenvalue weighted by Gasteiger charge is 2.38. The number of carbonyl (C=O) groups excluding carboxylic acids is 3. The zero-order valence-electron chi connectivity index (χ0n) is 20.0. The number of carbonyl (C=O) groups is 4. The molecule has 0 aliphatic carbocycles. The smallest absolute Gasteiger partial charge is 0.321 e. The third-order valence-corrected chi connectivity index (χ3v) is 5.53. The van der Waals surface area contributed by atoms with Crippen LogP contribution in [0.2, 0.25) is 0 Å². The van der Waals surface area contributed by atoms with E-state index in [0.717, 1.165) is 11.3 Å². The molecule has 3 unspecified atom stereocenters. The number of carboxylic acid groups (broad SMARTS) is 1. The SMILES string of the molecule is NC(C(=O)O)C(C(=O)COC(=O)CC(Nc1ccccc1)c1ccccc1)C(=O)OCc1ccccc1. The summed E-state index contributed by atoms with van der Waals surface area (Å²) in [5.41, 5.74) is 7.87. The van der Waals surface area contributed by atoms with Crippen molar-refractivity contribution in [3.63, 3.8) is 0 Å². The van der Waals surface area contributed by atoms with E-state index in [2.05, 4.69) is 5.32 Å². The lowest BCUT2D eigenvalue weighted by molar-refractivity contribution is -0.162. The number of ketones is 1. The summed E-state index contributed by atoms with van der Waals surface area (Å²) < 4.78 is 10.3. The number of Topliss-reactive ketones (excluding diaryl/α,β-unsaturated/α-hetero) is 1. The summed E-state index contributed by atoms with van der Waals surface area (Å²) >= 11 is 0. The zero-order chi connectivity index (χ0) is 26.6. The summed E-state index contributed by atoms with van der Waals surface area (Å²) in [6.07, 6.45) is -0.125. The van der Waals surface area contributed by atoms with Gasteiger partial charge in [0.2, 0.25) is 0 Å². The number of carboxylic acids is 1. The van der Waals surface area contributed by atoms with Crippen molar-refractivity contribution in [2.45, 2.75) is 25.1 Å². The second-order valence-corrected chi connectivity index (χ2v) is 8.24. The fourth-order valence-electron chi connectivity index (χ4n) is 3.58. The van der Waals surface area contributed by atoms with E-state index in [9.17, 15) is 24.3 Å². The molecule has 0 amide bonds. The highest BCUT2D eigenvalue weighted by molar-refractivity contribution is 6.04. The van der Waals surface area contributed by atoms with Gasteiger partial charge in [0, 0.05) is 5.69 Å². The van der Waals surface area contributed by atoms with Crippen LogP contribution in [-0.4, -0.2) is 41.4 Å². The summed E-state index contributed by atoms with van der Waals surface area (Å²) in [7, 11) is 0. The first-order valence-electron chi connectivity index (χ1n) is 11.6. The van der Waals surface area contributed by atoms with Crippen LogP contribution < -0.4 is 11.1 Å². The van der Waals surface area contributed by atoms with Crippen molar-refractivity contribution < 1.29 is 33.8 Å². The van der Waals surface area contributed by atoms with Gasteiger partial charge >= 0.3 is 17.9 Å². The normalized spacial score (nSPS) is 13.0. The fraction of sp³-hybridized carbons (Fsp3) is 0.214. The number of aliphatic carboxylic acids is 1. The molecule has 3 atom stereocenters. The van der Waals surface area contributed by atoms with Crippen LogP contribution in [0.3, 0.4) is 0 Å². The van der Waals surface area contributed by atoms with E-state index in [4.69, 9.17) is 15.2 Å². The first-order valence-corrected chi connectivity index (χ1v) is 11.6. The molecule has 37 heavy (non-hydrogen) atoms. The Morgan fingerprint density at radius 1 is 0.811 bits per heavy atom. The summed E-state index contributed by atoms with van der Waals surface area (Å²) in [5.74, 6) is -6.17. The van der Waals surface area contributed by atoms with Gasteiger partial charge in [-0.05, 0) is 23.3 Å². The van der Waals surface area contributed by atoms with Crippen molar-refractivity contribution in [3.8, 4) is 0 Å². The number of nitrogens with two attached hydrogens (primary N) is 1. The molecule has 0 aliphatic rings. The van der Waals surface area contributed by atoms with Crippen molar-refractivity contribution >= 4 is 29.4 Å². The first-order chi connectivity index (χ1) is 17.8. The third kappa shape index (κ3) is 8.29. The maximum absolute atomic E-state index is 12.8. The van der Waals surface area contributed by atoms with Gasteiger partial charge in [-0.1, -0.05) is 78.9 Å². The summed E-state index contributed by atoms with van der Waals surface area (Å²) in [6, 6.07) is 24.8. The van der Waals surface area contributed by atoms with E-state index in [0.29, 0.717) is 5.56 Å². The van der Waals surface area contributed by atoms with Crippen molar-refractivity contribution in [2.75, 3.05) is 11.9 Å². The van der Waals surface area contributed by atoms with E-state index in [1.807, 2.05) is 60.7 Å². The van der Waals surface area contributed by atoms with E-state index >= 15 is 0 Å². The molecule has 0 fully saturated rings. The molecule has 0 saturated carbocycles. The van der Waals surface area contributed by atoms with Gasteiger partial charge in [0.05, 0.1) is 12.5 Å². The van der Waals surface area contributed by atoms with Crippen LogP contribution in [0.4, 0.5) is 5.69 Å². The van der Waals surface area contributed by atoms with Gasteiger partial charge in [-0.3, -0.25) is 19.2 Å². The van der Waals surface area contributed by atoms with Crippen molar-refractivity contribution in [3.05, 3.63) is 102 Å². The molecule has 9 nitrogen and oxygen atoms in total. The number of hydrogen-bond donors (Lipinski definition) is 3. The predicted octanol–water partition coefficient (Wildman–Crippen LogP) is 3.11. The van der Waals surface area contributed by atoms with Crippen LogP contribution in [0.5, 0.6) is 0 Å². The average Bonchev–Trinajstić information content (AvgIpc) is 2.92.